The Bertz CT molecular complexity index is 366. The minimum Gasteiger partial charge on any atom is -0.481 e. The maximum absolute atomic E-state index is 10.5. The second kappa shape index (κ2) is 6.10. The van der Waals surface area contributed by atoms with Crippen molar-refractivity contribution in [1.82, 2.24) is 0 Å². The van der Waals surface area contributed by atoms with Crippen LogP contribution in [0.1, 0.15) is 37.7 Å². The average molecular weight is 250 g/mol. The molecule has 92 valence electrons. The van der Waals surface area contributed by atoms with Crippen molar-refractivity contribution in [2.45, 2.75) is 48.7 Å². The predicted molar refractivity (Wildman–Crippen MR) is 70.5 cm³/mol. The zero-order valence-corrected chi connectivity index (χ0v) is 10.7. The second-order valence-electron chi connectivity index (χ2n) is 4.56. The molecule has 1 aliphatic carbocycles. The van der Waals surface area contributed by atoms with Crippen LogP contribution in [-0.2, 0) is 11.2 Å². The molecule has 1 saturated carbocycles. The normalized spacial score (nSPS) is 16.2. The summed E-state index contributed by atoms with van der Waals surface area (Å²) in [7, 11) is 0. The molecule has 0 atom stereocenters. The molecule has 17 heavy (non-hydrogen) atoms. The molecule has 1 aromatic rings. The summed E-state index contributed by atoms with van der Waals surface area (Å²) in [6.45, 7) is 0. The number of hydrogen-bond acceptors (Lipinski definition) is 2. The number of carboxylic acid groups (broad SMARTS) is 1. The van der Waals surface area contributed by atoms with Crippen LogP contribution in [0.25, 0.3) is 0 Å². The smallest absolute Gasteiger partial charge is 0.303 e. The molecule has 2 rings (SSSR count). The predicted octanol–water partition coefficient (Wildman–Crippen LogP) is 3.74. The van der Waals surface area contributed by atoms with Gasteiger partial charge < -0.3 is 5.11 Å². The van der Waals surface area contributed by atoms with E-state index in [0.29, 0.717) is 6.42 Å². The van der Waals surface area contributed by atoms with Crippen molar-refractivity contribution in [2.24, 2.45) is 0 Å². The Kier molecular flexibility index (Phi) is 4.49. The molecule has 0 radical (unpaired) electrons. The van der Waals surface area contributed by atoms with E-state index in [1.807, 2.05) is 11.8 Å². The van der Waals surface area contributed by atoms with Crippen LogP contribution in [0.15, 0.2) is 29.2 Å². The lowest BCUT2D eigenvalue weighted by molar-refractivity contribution is -0.136. The summed E-state index contributed by atoms with van der Waals surface area (Å²) in [4.78, 5) is 11.8. The van der Waals surface area contributed by atoms with Crippen LogP contribution in [0.2, 0.25) is 0 Å². The summed E-state index contributed by atoms with van der Waals surface area (Å²) in [6.07, 6.45) is 6.26. The number of carboxylic acids is 1. The van der Waals surface area contributed by atoms with Crippen LogP contribution in [0.5, 0.6) is 0 Å². The van der Waals surface area contributed by atoms with Gasteiger partial charge in [-0.2, -0.15) is 0 Å². The van der Waals surface area contributed by atoms with E-state index in [1.165, 1.54) is 30.6 Å². The summed E-state index contributed by atoms with van der Waals surface area (Å²) in [6, 6.07) is 8.36. The SMILES string of the molecule is O=C(O)CCc1ccc(SC2CCCC2)cc1. The molecule has 0 aromatic heterocycles. The van der Waals surface area contributed by atoms with E-state index in [0.717, 1.165) is 10.8 Å². The number of aryl methyl sites for hydroxylation is 1. The molecule has 1 aromatic carbocycles. The van der Waals surface area contributed by atoms with Crippen LogP contribution in [0, 0.1) is 0 Å². The van der Waals surface area contributed by atoms with Crippen molar-refractivity contribution >= 4 is 17.7 Å². The van der Waals surface area contributed by atoms with Gasteiger partial charge in [-0.05, 0) is 37.0 Å². The van der Waals surface area contributed by atoms with Gasteiger partial charge in [0.15, 0.2) is 0 Å². The number of aliphatic carboxylic acids is 1. The van der Waals surface area contributed by atoms with Gasteiger partial charge in [-0.25, -0.2) is 0 Å². The summed E-state index contributed by atoms with van der Waals surface area (Å²) in [5, 5.41) is 9.41. The first-order chi connectivity index (χ1) is 8.24. The first-order valence-electron chi connectivity index (χ1n) is 6.21. The van der Waals surface area contributed by atoms with E-state index in [1.54, 1.807) is 0 Å². The molecule has 1 aliphatic rings. The fourth-order valence-corrected chi connectivity index (χ4v) is 3.43. The van der Waals surface area contributed by atoms with Crippen LogP contribution in [0.4, 0.5) is 0 Å². The van der Waals surface area contributed by atoms with Crippen molar-refractivity contribution in [1.29, 1.82) is 0 Å². The van der Waals surface area contributed by atoms with Crippen LogP contribution in [-0.4, -0.2) is 16.3 Å². The molecule has 3 heteroatoms. The number of thioether (sulfide) groups is 1. The van der Waals surface area contributed by atoms with E-state index in [2.05, 4.69) is 24.3 Å². The molecule has 0 bridgehead atoms. The summed E-state index contributed by atoms with van der Waals surface area (Å²) >= 11 is 1.97. The molecular weight excluding hydrogens is 232 g/mol. The van der Waals surface area contributed by atoms with Crippen molar-refractivity contribution in [3.05, 3.63) is 29.8 Å². The monoisotopic (exact) mass is 250 g/mol. The van der Waals surface area contributed by atoms with Gasteiger partial charge in [-0.3, -0.25) is 4.79 Å². The lowest BCUT2D eigenvalue weighted by atomic mass is 10.1. The Hall–Kier alpha value is -0.960. The largest absolute Gasteiger partial charge is 0.481 e. The van der Waals surface area contributed by atoms with Crippen molar-refractivity contribution in [2.75, 3.05) is 0 Å². The second-order valence-corrected chi connectivity index (χ2v) is 5.94. The Labute approximate surface area is 106 Å². The first-order valence-corrected chi connectivity index (χ1v) is 7.09. The zero-order valence-electron chi connectivity index (χ0n) is 9.89. The lowest BCUT2D eigenvalue weighted by Crippen LogP contribution is -1.97. The van der Waals surface area contributed by atoms with Gasteiger partial charge in [0.05, 0.1) is 0 Å². The first kappa shape index (κ1) is 12.5. The van der Waals surface area contributed by atoms with Gasteiger partial charge in [0.2, 0.25) is 0 Å². The maximum Gasteiger partial charge on any atom is 0.303 e. The number of rotatable bonds is 5. The van der Waals surface area contributed by atoms with E-state index in [9.17, 15) is 4.79 Å². The third-order valence-electron chi connectivity index (χ3n) is 3.16. The third-order valence-corrected chi connectivity index (χ3v) is 4.50. The highest BCUT2D eigenvalue weighted by Gasteiger charge is 2.15. The highest BCUT2D eigenvalue weighted by Crippen LogP contribution is 2.34. The highest BCUT2D eigenvalue weighted by molar-refractivity contribution is 8.00. The van der Waals surface area contributed by atoms with E-state index < -0.39 is 5.97 Å². The van der Waals surface area contributed by atoms with E-state index in [-0.39, 0.29) is 6.42 Å². The Balaban J connectivity index is 1.86. The Morgan fingerprint density at radius 2 is 1.88 bits per heavy atom. The molecule has 1 N–H and O–H groups in total. The van der Waals surface area contributed by atoms with Crippen LogP contribution in [0.3, 0.4) is 0 Å². The third kappa shape index (κ3) is 4.08. The van der Waals surface area contributed by atoms with Gasteiger partial charge >= 0.3 is 5.97 Å². The van der Waals surface area contributed by atoms with E-state index in [4.69, 9.17) is 5.11 Å². The number of hydrogen-bond donors (Lipinski definition) is 1. The fourth-order valence-electron chi connectivity index (χ4n) is 2.18. The molecule has 0 aliphatic heterocycles. The quantitative estimate of drug-likeness (QED) is 0.865. The van der Waals surface area contributed by atoms with Gasteiger partial charge in [0.1, 0.15) is 0 Å². The van der Waals surface area contributed by atoms with Gasteiger partial charge in [-0.1, -0.05) is 25.0 Å². The molecule has 0 amide bonds. The standard InChI is InChI=1S/C14H18O2S/c15-14(16)10-7-11-5-8-13(9-6-11)17-12-3-1-2-4-12/h5-6,8-9,12H,1-4,7,10H2,(H,15,16). The average Bonchev–Trinajstić information content (AvgIpc) is 2.81. The molecule has 0 saturated heterocycles. The fraction of sp³-hybridized carbons (Fsp3) is 0.500. The van der Waals surface area contributed by atoms with Crippen LogP contribution < -0.4 is 0 Å². The molecule has 1 fully saturated rings. The van der Waals surface area contributed by atoms with Gasteiger partial charge in [0, 0.05) is 16.6 Å². The van der Waals surface area contributed by atoms with Crippen LogP contribution >= 0.6 is 11.8 Å². The van der Waals surface area contributed by atoms with Crippen molar-refractivity contribution < 1.29 is 9.90 Å². The molecule has 0 unspecified atom stereocenters. The van der Waals surface area contributed by atoms with E-state index >= 15 is 0 Å². The summed E-state index contributed by atoms with van der Waals surface area (Å²) in [5.41, 5.74) is 1.11. The van der Waals surface area contributed by atoms with Crippen molar-refractivity contribution in [3.8, 4) is 0 Å². The lowest BCUT2D eigenvalue weighted by Gasteiger charge is -2.08. The zero-order chi connectivity index (χ0) is 12.1. The number of benzene rings is 1. The highest BCUT2D eigenvalue weighted by atomic mass is 32.2. The van der Waals surface area contributed by atoms with Gasteiger partial charge in [-0.15, -0.1) is 11.8 Å². The van der Waals surface area contributed by atoms with Crippen molar-refractivity contribution in [3.63, 3.8) is 0 Å². The maximum atomic E-state index is 10.5. The Morgan fingerprint density at radius 1 is 1.24 bits per heavy atom. The minimum absolute atomic E-state index is 0.217. The molecule has 0 heterocycles. The van der Waals surface area contributed by atoms with Gasteiger partial charge in [0.25, 0.3) is 0 Å². The molecule has 0 spiro atoms. The molecular formula is C14H18O2S. The summed E-state index contributed by atoms with van der Waals surface area (Å²) < 4.78 is 0. The number of carbonyl (C=O) groups is 1. The Morgan fingerprint density at radius 3 is 2.47 bits per heavy atom. The minimum atomic E-state index is -0.727. The molecule has 2 nitrogen and oxygen atoms in total. The topological polar surface area (TPSA) is 37.3 Å². The summed E-state index contributed by atoms with van der Waals surface area (Å²) in [5.74, 6) is -0.727.